The van der Waals surface area contributed by atoms with Crippen LogP contribution in [0, 0.1) is 0 Å². The molecule has 0 bridgehead atoms. The fourth-order valence-corrected chi connectivity index (χ4v) is 4.43. The first-order valence-electron chi connectivity index (χ1n) is 10.1. The van der Waals surface area contributed by atoms with Crippen LogP contribution in [0.3, 0.4) is 0 Å². The molecule has 138 valence electrons. The summed E-state index contributed by atoms with van der Waals surface area (Å²) in [4.78, 5) is 4.81. The summed E-state index contributed by atoms with van der Waals surface area (Å²) in [6.07, 6.45) is 7.86. The zero-order chi connectivity index (χ0) is 17.6. The minimum atomic E-state index is 0.0835. The second kappa shape index (κ2) is 6.46. The first-order chi connectivity index (χ1) is 12.7. The van der Waals surface area contributed by atoms with Gasteiger partial charge in [-0.3, -0.25) is 0 Å². The molecule has 3 aliphatic rings. The highest BCUT2D eigenvalue weighted by molar-refractivity contribution is 5.28. The van der Waals surface area contributed by atoms with E-state index >= 15 is 0 Å². The molecular formula is C21H28N4O. The van der Waals surface area contributed by atoms with Crippen LogP contribution in [0.25, 0.3) is 0 Å². The largest absolute Gasteiger partial charge is 0.339 e. The van der Waals surface area contributed by atoms with Gasteiger partial charge in [-0.1, -0.05) is 35.5 Å². The van der Waals surface area contributed by atoms with Gasteiger partial charge >= 0.3 is 0 Å². The quantitative estimate of drug-likeness (QED) is 0.835. The molecule has 1 heterocycles. The van der Waals surface area contributed by atoms with Crippen molar-refractivity contribution in [3.8, 4) is 0 Å². The fraction of sp³-hybridized carbons (Fsp3) is 0.619. The Morgan fingerprint density at radius 2 is 1.88 bits per heavy atom. The Balaban J connectivity index is 1.18. The smallest absolute Gasteiger partial charge is 0.234 e. The van der Waals surface area contributed by atoms with Crippen molar-refractivity contribution in [3.63, 3.8) is 0 Å². The molecule has 3 N–H and O–H groups in total. The van der Waals surface area contributed by atoms with Crippen LogP contribution < -0.4 is 11.1 Å². The molecule has 5 rings (SSSR count). The molecule has 1 aromatic carbocycles. The second-order valence-electron chi connectivity index (χ2n) is 8.59. The van der Waals surface area contributed by atoms with Crippen LogP contribution in [0.15, 0.2) is 34.9 Å². The van der Waals surface area contributed by atoms with E-state index in [1.165, 1.54) is 12.0 Å². The molecule has 0 radical (unpaired) electrons. The summed E-state index contributed by atoms with van der Waals surface area (Å²) in [7, 11) is 0. The summed E-state index contributed by atoms with van der Waals surface area (Å²) < 4.78 is 5.70. The van der Waals surface area contributed by atoms with Crippen molar-refractivity contribution in [2.45, 2.75) is 74.3 Å². The zero-order valence-corrected chi connectivity index (χ0v) is 15.2. The van der Waals surface area contributed by atoms with Crippen molar-refractivity contribution in [2.75, 3.05) is 6.54 Å². The lowest BCUT2D eigenvalue weighted by molar-refractivity contribution is 0.325. The monoisotopic (exact) mass is 352 g/mol. The number of nitrogens with two attached hydrogens (primary N) is 1. The minimum Gasteiger partial charge on any atom is -0.339 e. The Morgan fingerprint density at radius 3 is 2.62 bits per heavy atom. The number of benzene rings is 1. The average molecular weight is 352 g/mol. The van der Waals surface area contributed by atoms with Gasteiger partial charge in [-0.25, -0.2) is 0 Å². The van der Waals surface area contributed by atoms with E-state index in [0.29, 0.717) is 23.9 Å². The average Bonchev–Trinajstić information content (AvgIpc) is 3.59. The van der Waals surface area contributed by atoms with Gasteiger partial charge in [0, 0.05) is 30.5 Å². The topological polar surface area (TPSA) is 77.0 Å². The van der Waals surface area contributed by atoms with Gasteiger partial charge in [-0.15, -0.1) is 0 Å². The molecule has 0 spiro atoms. The highest BCUT2D eigenvalue weighted by Gasteiger charge is 2.51. The first-order valence-corrected chi connectivity index (χ1v) is 10.1. The Morgan fingerprint density at radius 1 is 1.12 bits per heavy atom. The fourth-order valence-electron chi connectivity index (χ4n) is 4.43. The standard InChI is InChI=1S/C21H28N4O/c22-16-8-6-15(7-9-16)19-24-20(26-25-19)21(10-11-21)13-23-18-12-17(18)14-4-2-1-3-5-14/h1-5,15-18,23H,6-13,22H2/t15-,16-,17-,18+/m0/s1. The second-order valence-corrected chi connectivity index (χ2v) is 8.59. The number of nitrogens with zero attached hydrogens (tertiary/aromatic N) is 2. The van der Waals surface area contributed by atoms with Crippen LogP contribution in [0.1, 0.15) is 74.1 Å². The summed E-state index contributed by atoms with van der Waals surface area (Å²) in [5.74, 6) is 2.86. The summed E-state index contributed by atoms with van der Waals surface area (Å²) >= 11 is 0. The summed E-state index contributed by atoms with van der Waals surface area (Å²) in [6, 6.07) is 11.8. The van der Waals surface area contributed by atoms with Gasteiger partial charge in [0.1, 0.15) is 0 Å². The zero-order valence-electron chi connectivity index (χ0n) is 15.2. The Labute approximate surface area is 154 Å². The molecule has 1 aromatic heterocycles. The Kier molecular flexibility index (Phi) is 4.09. The lowest BCUT2D eigenvalue weighted by atomic mass is 9.86. The number of nitrogens with one attached hydrogen (secondary N) is 1. The van der Waals surface area contributed by atoms with Crippen molar-refractivity contribution in [1.29, 1.82) is 0 Å². The van der Waals surface area contributed by atoms with Crippen molar-refractivity contribution < 1.29 is 4.52 Å². The normalized spacial score (nSPS) is 32.3. The molecule has 5 nitrogen and oxygen atoms in total. The molecule has 0 amide bonds. The van der Waals surface area contributed by atoms with Crippen molar-refractivity contribution >= 4 is 0 Å². The van der Waals surface area contributed by atoms with Crippen molar-refractivity contribution in [3.05, 3.63) is 47.6 Å². The predicted molar refractivity (Wildman–Crippen MR) is 100.0 cm³/mol. The molecule has 3 saturated carbocycles. The maximum absolute atomic E-state index is 6.01. The minimum absolute atomic E-state index is 0.0835. The number of rotatable bonds is 6. The summed E-state index contributed by atoms with van der Waals surface area (Å²) in [5.41, 5.74) is 7.55. The van der Waals surface area contributed by atoms with Gasteiger partial charge in [-0.2, -0.15) is 4.98 Å². The summed E-state index contributed by atoms with van der Waals surface area (Å²) in [5, 5.41) is 8.08. The SMILES string of the molecule is N[C@H]1CC[C@H](c2noc(C3(CN[C@@H]4C[C@H]4c4ccccc4)CC3)n2)CC1. The van der Waals surface area contributed by atoms with E-state index in [9.17, 15) is 0 Å². The third-order valence-electron chi connectivity index (χ3n) is 6.61. The van der Waals surface area contributed by atoms with E-state index in [1.807, 2.05) is 0 Å². The molecule has 5 heteroatoms. The third kappa shape index (κ3) is 3.19. The van der Waals surface area contributed by atoms with Crippen LogP contribution in [-0.2, 0) is 5.41 Å². The predicted octanol–water partition coefficient (Wildman–Crippen LogP) is 3.23. The van der Waals surface area contributed by atoms with Gasteiger partial charge < -0.3 is 15.6 Å². The van der Waals surface area contributed by atoms with Gasteiger partial charge in [-0.05, 0) is 50.5 Å². The molecule has 3 fully saturated rings. The maximum Gasteiger partial charge on any atom is 0.234 e. The molecular weight excluding hydrogens is 324 g/mol. The highest BCUT2D eigenvalue weighted by atomic mass is 16.5. The molecule has 0 unspecified atom stereocenters. The van der Waals surface area contributed by atoms with Crippen LogP contribution in [0.2, 0.25) is 0 Å². The van der Waals surface area contributed by atoms with E-state index in [1.54, 1.807) is 0 Å². The lowest BCUT2D eigenvalue weighted by Gasteiger charge is -2.23. The molecule has 3 aliphatic carbocycles. The van der Waals surface area contributed by atoms with Crippen molar-refractivity contribution in [1.82, 2.24) is 15.5 Å². The number of hydrogen-bond acceptors (Lipinski definition) is 5. The van der Waals surface area contributed by atoms with E-state index in [-0.39, 0.29) is 5.41 Å². The van der Waals surface area contributed by atoms with E-state index in [2.05, 4.69) is 40.8 Å². The van der Waals surface area contributed by atoms with Gasteiger partial charge in [0.25, 0.3) is 0 Å². The molecule has 0 saturated heterocycles. The molecule has 26 heavy (non-hydrogen) atoms. The Hall–Kier alpha value is -1.72. The highest BCUT2D eigenvalue weighted by Crippen LogP contribution is 2.49. The van der Waals surface area contributed by atoms with Crippen LogP contribution in [0.4, 0.5) is 0 Å². The van der Waals surface area contributed by atoms with Crippen molar-refractivity contribution in [2.24, 2.45) is 5.73 Å². The third-order valence-corrected chi connectivity index (χ3v) is 6.61. The van der Waals surface area contributed by atoms with E-state index in [4.69, 9.17) is 15.2 Å². The van der Waals surface area contributed by atoms with Gasteiger partial charge in [0.2, 0.25) is 5.89 Å². The van der Waals surface area contributed by atoms with Gasteiger partial charge in [0.05, 0.1) is 5.41 Å². The van der Waals surface area contributed by atoms with E-state index < -0.39 is 0 Å². The van der Waals surface area contributed by atoms with Crippen LogP contribution >= 0.6 is 0 Å². The van der Waals surface area contributed by atoms with Crippen LogP contribution in [0.5, 0.6) is 0 Å². The maximum atomic E-state index is 6.01. The molecule has 0 aliphatic heterocycles. The lowest BCUT2D eigenvalue weighted by Crippen LogP contribution is -2.29. The van der Waals surface area contributed by atoms with Crippen LogP contribution in [-0.4, -0.2) is 28.8 Å². The first kappa shape index (κ1) is 16.5. The molecule has 2 aromatic rings. The number of aromatic nitrogens is 2. The summed E-state index contributed by atoms with van der Waals surface area (Å²) in [6.45, 7) is 0.957. The molecule has 2 atom stereocenters. The Bertz CT molecular complexity index is 746. The number of hydrogen-bond donors (Lipinski definition) is 2. The van der Waals surface area contributed by atoms with E-state index in [0.717, 1.165) is 56.8 Å². The van der Waals surface area contributed by atoms with Gasteiger partial charge in [0.15, 0.2) is 5.82 Å².